The summed E-state index contributed by atoms with van der Waals surface area (Å²) in [6.07, 6.45) is 0. The van der Waals surface area contributed by atoms with E-state index in [2.05, 4.69) is 19.7 Å². The van der Waals surface area contributed by atoms with Crippen LogP contribution in [-0.2, 0) is 9.47 Å². The number of fused-ring (bicyclic) bond motifs is 1. The highest BCUT2D eigenvalue weighted by atomic mass is 16.5. The standard InChI is InChI=1S/C21H26N4O4/c1-11-7-17(19-14(4)23-24-20(19)22-11)21(27)29-10-18(26)16-8-12(2)25(15(16)5)13(3)9-28-6/h7-8,13H,9-10H2,1-6H3,(H,22,23,24)/t13-/m0/s1. The number of rotatable bonds is 7. The average molecular weight is 398 g/mol. The first-order valence-electron chi connectivity index (χ1n) is 9.44. The number of ether oxygens (including phenoxy) is 2. The maximum absolute atomic E-state index is 12.7. The zero-order valence-corrected chi connectivity index (χ0v) is 17.6. The number of methoxy groups -OCH3 is 1. The van der Waals surface area contributed by atoms with Gasteiger partial charge in [-0.05, 0) is 46.8 Å². The molecule has 0 unspecified atom stereocenters. The number of carbonyl (C=O) groups excluding carboxylic acids is 2. The molecule has 3 heterocycles. The molecule has 8 nitrogen and oxygen atoms in total. The van der Waals surface area contributed by atoms with Crippen molar-refractivity contribution in [2.75, 3.05) is 20.3 Å². The van der Waals surface area contributed by atoms with E-state index >= 15 is 0 Å². The van der Waals surface area contributed by atoms with Crippen molar-refractivity contribution in [3.63, 3.8) is 0 Å². The predicted molar refractivity (Wildman–Crippen MR) is 108 cm³/mol. The largest absolute Gasteiger partial charge is 0.454 e. The van der Waals surface area contributed by atoms with Gasteiger partial charge in [-0.15, -0.1) is 0 Å². The van der Waals surface area contributed by atoms with E-state index < -0.39 is 5.97 Å². The van der Waals surface area contributed by atoms with Gasteiger partial charge in [0.15, 0.2) is 12.3 Å². The Morgan fingerprint density at radius 3 is 2.59 bits per heavy atom. The monoisotopic (exact) mass is 398 g/mol. The summed E-state index contributed by atoms with van der Waals surface area (Å²) in [4.78, 5) is 29.7. The summed E-state index contributed by atoms with van der Waals surface area (Å²) in [5.41, 5.74) is 4.53. The minimum Gasteiger partial charge on any atom is -0.454 e. The van der Waals surface area contributed by atoms with E-state index in [0.717, 1.165) is 17.1 Å². The van der Waals surface area contributed by atoms with Gasteiger partial charge in [-0.3, -0.25) is 9.89 Å². The summed E-state index contributed by atoms with van der Waals surface area (Å²) in [5, 5.41) is 7.53. The molecule has 0 saturated carbocycles. The number of hydrogen-bond donors (Lipinski definition) is 1. The number of carbonyl (C=O) groups is 2. The summed E-state index contributed by atoms with van der Waals surface area (Å²) < 4.78 is 12.6. The van der Waals surface area contributed by atoms with Gasteiger partial charge in [0.1, 0.15) is 0 Å². The maximum Gasteiger partial charge on any atom is 0.339 e. The normalized spacial score (nSPS) is 12.3. The lowest BCUT2D eigenvalue weighted by Crippen LogP contribution is -2.17. The first-order valence-corrected chi connectivity index (χ1v) is 9.44. The van der Waals surface area contributed by atoms with Crippen molar-refractivity contribution >= 4 is 22.8 Å². The SMILES string of the molecule is COC[C@H](C)n1c(C)cc(C(=O)COC(=O)c2cc(C)nc3n[nH]c(C)c23)c1C. The number of ketones is 1. The Labute approximate surface area is 169 Å². The van der Waals surface area contributed by atoms with E-state index in [-0.39, 0.29) is 18.4 Å². The molecule has 0 aliphatic heterocycles. The summed E-state index contributed by atoms with van der Waals surface area (Å²) in [6.45, 7) is 9.66. The Balaban J connectivity index is 1.79. The minimum absolute atomic E-state index is 0.0984. The summed E-state index contributed by atoms with van der Waals surface area (Å²) in [5.74, 6) is -0.812. The van der Waals surface area contributed by atoms with Crippen LogP contribution in [0.2, 0.25) is 0 Å². The van der Waals surface area contributed by atoms with E-state index in [9.17, 15) is 9.59 Å². The maximum atomic E-state index is 12.7. The summed E-state index contributed by atoms with van der Waals surface area (Å²) >= 11 is 0. The molecule has 29 heavy (non-hydrogen) atoms. The van der Waals surface area contributed by atoms with Crippen molar-refractivity contribution in [3.05, 3.63) is 46.0 Å². The molecule has 0 spiro atoms. The summed E-state index contributed by atoms with van der Waals surface area (Å²) in [7, 11) is 1.65. The molecule has 1 N–H and O–H groups in total. The number of esters is 1. The fraction of sp³-hybridized carbons (Fsp3) is 0.429. The number of aromatic amines is 1. The number of pyridine rings is 1. The molecule has 3 rings (SSSR count). The zero-order chi connectivity index (χ0) is 21.3. The van der Waals surface area contributed by atoms with Crippen LogP contribution in [0.1, 0.15) is 56.5 Å². The van der Waals surface area contributed by atoms with Gasteiger partial charge >= 0.3 is 5.97 Å². The van der Waals surface area contributed by atoms with Gasteiger partial charge in [-0.2, -0.15) is 5.10 Å². The lowest BCUT2D eigenvalue weighted by Gasteiger charge is -2.17. The van der Waals surface area contributed by atoms with Crippen LogP contribution in [0.25, 0.3) is 11.0 Å². The van der Waals surface area contributed by atoms with Gasteiger partial charge in [-0.1, -0.05) is 0 Å². The molecule has 0 aliphatic rings. The third-order valence-electron chi connectivity index (χ3n) is 5.02. The molecular weight excluding hydrogens is 372 g/mol. The van der Waals surface area contributed by atoms with Gasteiger partial charge in [0.25, 0.3) is 0 Å². The third kappa shape index (κ3) is 3.93. The number of aromatic nitrogens is 4. The highest BCUT2D eigenvalue weighted by Gasteiger charge is 2.22. The molecule has 0 fully saturated rings. The Kier molecular flexibility index (Phi) is 5.83. The lowest BCUT2D eigenvalue weighted by molar-refractivity contribution is 0.0476. The molecule has 0 amide bonds. The molecule has 3 aromatic rings. The molecule has 0 aromatic carbocycles. The minimum atomic E-state index is -0.570. The highest BCUT2D eigenvalue weighted by Crippen LogP contribution is 2.23. The fourth-order valence-corrected chi connectivity index (χ4v) is 3.80. The van der Waals surface area contributed by atoms with Gasteiger partial charge < -0.3 is 14.0 Å². The van der Waals surface area contributed by atoms with E-state index in [1.54, 1.807) is 20.1 Å². The number of nitrogens with zero attached hydrogens (tertiary/aromatic N) is 3. The van der Waals surface area contributed by atoms with Crippen LogP contribution in [0.3, 0.4) is 0 Å². The molecule has 8 heteroatoms. The quantitative estimate of drug-likeness (QED) is 0.484. The van der Waals surface area contributed by atoms with Crippen LogP contribution in [0, 0.1) is 27.7 Å². The summed E-state index contributed by atoms with van der Waals surface area (Å²) in [6, 6.07) is 3.57. The number of Topliss-reactive ketones (excluding diaryl/α,β-unsaturated/α-hetero) is 1. The second-order valence-electron chi connectivity index (χ2n) is 7.32. The van der Waals surface area contributed by atoms with E-state index in [0.29, 0.717) is 34.5 Å². The van der Waals surface area contributed by atoms with Crippen molar-refractivity contribution in [3.8, 4) is 0 Å². The van der Waals surface area contributed by atoms with Crippen molar-refractivity contribution in [2.24, 2.45) is 0 Å². The Morgan fingerprint density at radius 2 is 1.90 bits per heavy atom. The first kappa shape index (κ1) is 20.7. The second kappa shape index (κ2) is 8.16. The Morgan fingerprint density at radius 1 is 1.17 bits per heavy atom. The molecule has 0 bridgehead atoms. The highest BCUT2D eigenvalue weighted by molar-refractivity contribution is 6.05. The molecule has 3 aromatic heterocycles. The number of nitrogens with one attached hydrogen (secondary N) is 1. The van der Waals surface area contributed by atoms with Crippen molar-refractivity contribution in [1.82, 2.24) is 19.7 Å². The van der Waals surface area contributed by atoms with Gasteiger partial charge in [-0.25, -0.2) is 9.78 Å². The van der Waals surface area contributed by atoms with Crippen molar-refractivity contribution < 1.29 is 19.1 Å². The molecule has 0 saturated heterocycles. The smallest absolute Gasteiger partial charge is 0.339 e. The van der Waals surface area contributed by atoms with E-state index in [4.69, 9.17) is 9.47 Å². The molecular formula is C21H26N4O4. The van der Waals surface area contributed by atoms with Crippen LogP contribution < -0.4 is 0 Å². The zero-order valence-electron chi connectivity index (χ0n) is 17.6. The van der Waals surface area contributed by atoms with E-state index in [1.807, 2.05) is 33.8 Å². The van der Waals surface area contributed by atoms with Crippen LogP contribution >= 0.6 is 0 Å². The second-order valence-corrected chi connectivity index (χ2v) is 7.32. The Bertz CT molecular complexity index is 1080. The van der Waals surface area contributed by atoms with Crippen LogP contribution in [-0.4, -0.2) is 51.8 Å². The van der Waals surface area contributed by atoms with Crippen LogP contribution in [0.5, 0.6) is 0 Å². The van der Waals surface area contributed by atoms with Gasteiger partial charge in [0.2, 0.25) is 5.78 Å². The number of hydrogen-bond acceptors (Lipinski definition) is 6. The molecule has 154 valence electrons. The average Bonchev–Trinajstić information content (AvgIpc) is 3.18. The topological polar surface area (TPSA) is 99.1 Å². The number of H-pyrrole nitrogens is 1. The number of aryl methyl sites for hydroxylation is 3. The van der Waals surface area contributed by atoms with Gasteiger partial charge in [0.05, 0.1) is 23.6 Å². The predicted octanol–water partition coefficient (Wildman–Crippen LogP) is 3.24. The lowest BCUT2D eigenvalue weighted by atomic mass is 10.1. The molecule has 0 radical (unpaired) electrons. The van der Waals surface area contributed by atoms with Crippen LogP contribution in [0.4, 0.5) is 0 Å². The van der Waals surface area contributed by atoms with E-state index in [1.165, 1.54) is 0 Å². The molecule has 1 atom stereocenters. The van der Waals surface area contributed by atoms with Crippen molar-refractivity contribution in [1.29, 1.82) is 0 Å². The van der Waals surface area contributed by atoms with Crippen LogP contribution in [0.15, 0.2) is 12.1 Å². The fourth-order valence-electron chi connectivity index (χ4n) is 3.80. The van der Waals surface area contributed by atoms with Gasteiger partial charge in [0, 0.05) is 35.4 Å². The Hall–Kier alpha value is -3.00. The first-order chi connectivity index (χ1) is 13.7. The van der Waals surface area contributed by atoms with Crippen molar-refractivity contribution in [2.45, 2.75) is 40.7 Å². The third-order valence-corrected chi connectivity index (χ3v) is 5.02. The molecule has 0 aliphatic carbocycles.